The largest absolute Gasteiger partial charge is 0.459 e. The molecule has 0 radical (unpaired) electrons. The summed E-state index contributed by atoms with van der Waals surface area (Å²) >= 11 is 1.18. The number of hydrogen-bond acceptors (Lipinski definition) is 5. The predicted molar refractivity (Wildman–Crippen MR) is 112 cm³/mol. The van der Waals surface area contributed by atoms with E-state index in [0.717, 1.165) is 16.6 Å². The summed E-state index contributed by atoms with van der Waals surface area (Å²) in [6, 6.07) is 10.2. The standard InChI is InChI=1S/C20H18N4O4S/c1-11-9-16(22-18(25)15-5-4-8-28-15)29-17(11)19(26)21-12-6-7-13-14(10-12)24(3)20(27)23(13)2/h4-10H,1-3H3,(H,21,26)(H,22,25). The van der Waals surface area contributed by atoms with E-state index >= 15 is 0 Å². The highest BCUT2D eigenvalue weighted by Crippen LogP contribution is 2.28. The summed E-state index contributed by atoms with van der Waals surface area (Å²) in [6.45, 7) is 1.80. The summed E-state index contributed by atoms with van der Waals surface area (Å²) in [6.07, 6.45) is 1.42. The molecule has 1 aromatic carbocycles. The minimum Gasteiger partial charge on any atom is -0.459 e. The number of imidazole rings is 1. The van der Waals surface area contributed by atoms with Crippen LogP contribution in [-0.4, -0.2) is 20.9 Å². The van der Waals surface area contributed by atoms with Crippen molar-refractivity contribution in [2.45, 2.75) is 6.92 Å². The highest BCUT2D eigenvalue weighted by Gasteiger charge is 2.17. The van der Waals surface area contributed by atoms with Crippen LogP contribution >= 0.6 is 11.3 Å². The molecule has 0 aliphatic heterocycles. The Labute approximate surface area is 169 Å². The van der Waals surface area contributed by atoms with E-state index in [2.05, 4.69) is 10.6 Å². The molecule has 2 amide bonds. The molecular weight excluding hydrogens is 392 g/mol. The van der Waals surface area contributed by atoms with Crippen LogP contribution in [0.2, 0.25) is 0 Å². The zero-order valence-corrected chi connectivity index (χ0v) is 16.8. The molecule has 0 aliphatic carbocycles. The number of nitrogens with one attached hydrogen (secondary N) is 2. The van der Waals surface area contributed by atoms with Crippen LogP contribution < -0.4 is 16.3 Å². The van der Waals surface area contributed by atoms with E-state index < -0.39 is 0 Å². The van der Waals surface area contributed by atoms with E-state index in [0.29, 0.717) is 15.6 Å². The lowest BCUT2D eigenvalue weighted by Crippen LogP contribution is -2.19. The van der Waals surface area contributed by atoms with Gasteiger partial charge in [-0.15, -0.1) is 11.3 Å². The van der Waals surface area contributed by atoms with E-state index in [9.17, 15) is 14.4 Å². The molecule has 0 bridgehead atoms. The van der Waals surface area contributed by atoms with Gasteiger partial charge in [-0.25, -0.2) is 4.79 Å². The van der Waals surface area contributed by atoms with Crippen molar-refractivity contribution in [2.75, 3.05) is 10.6 Å². The van der Waals surface area contributed by atoms with Crippen molar-refractivity contribution in [3.05, 3.63) is 69.3 Å². The lowest BCUT2D eigenvalue weighted by molar-refractivity contribution is 0.0995. The van der Waals surface area contributed by atoms with Crippen LogP contribution in [-0.2, 0) is 14.1 Å². The minimum atomic E-state index is -0.376. The third-order valence-corrected chi connectivity index (χ3v) is 5.79. The maximum atomic E-state index is 12.8. The Morgan fingerprint density at radius 1 is 1.00 bits per heavy atom. The fraction of sp³-hybridized carbons (Fsp3) is 0.150. The van der Waals surface area contributed by atoms with Crippen molar-refractivity contribution in [1.82, 2.24) is 9.13 Å². The highest BCUT2D eigenvalue weighted by molar-refractivity contribution is 7.18. The molecule has 0 saturated heterocycles. The quantitative estimate of drug-likeness (QED) is 0.539. The van der Waals surface area contributed by atoms with Crippen molar-refractivity contribution >= 4 is 44.9 Å². The summed E-state index contributed by atoms with van der Waals surface area (Å²) in [5.41, 5.74) is 2.71. The Balaban J connectivity index is 1.55. The molecule has 0 spiro atoms. The molecule has 3 aromatic heterocycles. The van der Waals surface area contributed by atoms with Gasteiger partial charge in [0.2, 0.25) is 0 Å². The number of hydrogen-bond donors (Lipinski definition) is 2. The van der Waals surface area contributed by atoms with Crippen LogP contribution in [0.3, 0.4) is 0 Å². The van der Waals surface area contributed by atoms with E-state index in [1.165, 1.54) is 22.2 Å². The Hall–Kier alpha value is -3.59. The first kappa shape index (κ1) is 18.8. The van der Waals surface area contributed by atoms with E-state index in [1.807, 2.05) is 0 Å². The van der Waals surface area contributed by atoms with Gasteiger partial charge < -0.3 is 15.1 Å². The van der Waals surface area contributed by atoms with Crippen molar-refractivity contribution in [3.63, 3.8) is 0 Å². The molecule has 3 heterocycles. The number of aromatic nitrogens is 2. The van der Waals surface area contributed by atoms with E-state index in [1.54, 1.807) is 62.0 Å². The second-order valence-electron chi connectivity index (χ2n) is 6.61. The number of carbonyl (C=O) groups excluding carboxylic acids is 2. The first-order valence-corrected chi connectivity index (χ1v) is 9.59. The molecule has 2 N–H and O–H groups in total. The second-order valence-corrected chi connectivity index (χ2v) is 7.66. The molecule has 29 heavy (non-hydrogen) atoms. The normalized spacial score (nSPS) is 11.0. The lowest BCUT2D eigenvalue weighted by atomic mass is 10.2. The molecule has 4 aromatic rings. The van der Waals surface area contributed by atoms with Gasteiger partial charge in [-0.3, -0.25) is 18.7 Å². The van der Waals surface area contributed by atoms with Crippen LogP contribution in [0.15, 0.2) is 51.9 Å². The SMILES string of the molecule is Cc1cc(NC(=O)c2ccco2)sc1C(=O)Nc1ccc2c(c1)n(C)c(=O)n2C. The summed E-state index contributed by atoms with van der Waals surface area (Å²) in [7, 11) is 3.39. The van der Waals surface area contributed by atoms with Crippen LogP contribution in [0.1, 0.15) is 25.8 Å². The molecule has 8 nitrogen and oxygen atoms in total. The van der Waals surface area contributed by atoms with Gasteiger partial charge in [0.1, 0.15) is 0 Å². The highest BCUT2D eigenvalue weighted by atomic mass is 32.1. The van der Waals surface area contributed by atoms with Gasteiger partial charge in [0.25, 0.3) is 11.8 Å². The monoisotopic (exact) mass is 410 g/mol. The molecule has 9 heteroatoms. The topological polar surface area (TPSA) is 98.3 Å². The first-order valence-electron chi connectivity index (χ1n) is 8.77. The van der Waals surface area contributed by atoms with Crippen LogP contribution in [0.25, 0.3) is 11.0 Å². The Morgan fingerprint density at radius 2 is 1.76 bits per heavy atom. The minimum absolute atomic E-state index is 0.130. The maximum absolute atomic E-state index is 12.8. The number of furan rings is 1. The predicted octanol–water partition coefficient (Wildman–Crippen LogP) is 3.34. The average molecular weight is 410 g/mol. The average Bonchev–Trinajstić information content (AvgIpc) is 3.40. The molecule has 0 fully saturated rings. The number of rotatable bonds is 4. The molecule has 4 rings (SSSR count). The van der Waals surface area contributed by atoms with Gasteiger partial charge in [0.15, 0.2) is 5.76 Å². The molecular formula is C20H18N4O4S. The van der Waals surface area contributed by atoms with Gasteiger partial charge in [-0.2, -0.15) is 0 Å². The number of carbonyl (C=O) groups is 2. The van der Waals surface area contributed by atoms with Crippen molar-refractivity contribution in [1.29, 1.82) is 0 Å². The number of aryl methyl sites for hydroxylation is 3. The smallest absolute Gasteiger partial charge is 0.328 e. The summed E-state index contributed by atoms with van der Waals surface area (Å²) in [4.78, 5) is 37.4. The van der Waals surface area contributed by atoms with Crippen LogP contribution in [0.5, 0.6) is 0 Å². The molecule has 148 valence electrons. The Bertz CT molecular complexity index is 1290. The Kier molecular flexibility index (Phi) is 4.59. The van der Waals surface area contributed by atoms with E-state index in [-0.39, 0.29) is 23.3 Å². The lowest BCUT2D eigenvalue weighted by Gasteiger charge is -2.05. The molecule has 0 atom stereocenters. The van der Waals surface area contributed by atoms with Crippen molar-refractivity contribution in [3.8, 4) is 0 Å². The second kappa shape index (κ2) is 7.10. The van der Waals surface area contributed by atoms with Crippen LogP contribution in [0.4, 0.5) is 10.7 Å². The number of thiophene rings is 1. The first-order chi connectivity index (χ1) is 13.8. The molecule has 0 saturated carbocycles. The van der Waals surface area contributed by atoms with Gasteiger partial charge >= 0.3 is 5.69 Å². The van der Waals surface area contributed by atoms with Gasteiger partial charge in [0.05, 0.1) is 27.2 Å². The van der Waals surface area contributed by atoms with Gasteiger partial charge in [-0.1, -0.05) is 0 Å². The molecule has 0 unspecified atom stereocenters. The Morgan fingerprint density at radius 3 is 2.48 bits per heavy atom. The van der Waals surface area contributed by atoms with Crippen LogP contribution in [0, 0.1) is 6.92 Å². The van der Waals surface area contributed by atoms with Crippen molar-refractivity contribution < 1.29 is 14.0 Å². The third kappa shape index (κ3) is 3.36. The summed E-state index contributed by atoms with van der Waals surface area (Å²) in [5, 5.41) is 6.14. The number of anilines is 2. The molecule has 0 aliphatic rings. The summed E-state index contributed by atoms with van der Waals surface area (Å²) < 4.78 is 8.16. The zero-order chi connectivity index (χ0) is 20.7. The van der Waals surface area contributed by atoms with E-state index in [4.69, 9.17) is 4.42 Å². The summed E-state index contributed by atoms with van der Waals surface area (Å²) in [5.74, 6) is -0.464. The third-order valence-electron chi connectivity index (χ3n) is 4.64. The number of amides is 2. The fourth-order valence-corrected chi connectivity index (χ4v) is 4.09. The number of fused-ring (bicyclic) bond motifs is 1. The number of benzene rings is 1. The number of nitrogens with zero attached hydrogens (tertiary/aromatic N) is 2. The maximum Gasteiger partial charge on any atom is 0.328 e. The van der Waals surface area contributed by atoms with Crippen molar-refractivity contribution in [2.24, 2.45) is 14.1 Å². The fourth-order valence-electron chi connectivity index (χ4n) is 3.12. The van der Waals surface area contributed by atoms with Gasteiger partial charge in [0, 0.05) is 19.8 Å². The zero-order valence-electron chi connectivity index (χ0n) is 16.0. The van der Waals surface area contributed by atoms with Gasteiger partial charge in [-0.05, 0) is 48.9 Å².